The Bertz CT molecular complexity index is 865. The quantitative estimate of drug-likeness (QED) is 0.379. The molecule has 8 heteroatoms. The molecule has 1 aliphatic heterocycles. The van der Waals surface area contributed by atoms with Crippen molar-refractivity contribution in [3.63, 3.8) is 0 Å². The monoisotopic (exact) mass is 417 g/mol. The number of anilines is 1. The Morgan fingerprint density at radius 1 is 1.14 bits per heavy atom. The van der Waals surface area contributed by atoms with Crippen LogP contribution >= 0.6 is 11.6 Å². The molecule has 3 rings (SSSR count). The molecule has 0 unspecified atom stereocenters. The smallest absolute Gasteiger partial charge is 0.294 e. The Hall–Kier alpha value is -2.80. The number of carbonyl (C=O) groups is 1. The van der Waals surface area contributed by atoms with Gasteiger partial charge in [-0.1, -0.05) is 31.0 Å². The van der Waals surface area contributed by atoms with Crippen LogP contribution in [-0.4, -0.2) is 48.5 Å². The first-order chi connectivity index (χ1) is 14.0. The van der Waals surface area contributed by atoms with Gasteiger partial charge in [-0.05, 0) is 36.8 Å². The molecule has 0 aliphatic carbocycles. The summed E-state index contributed by atoms with van der Waals surface area (Å²) in [6, 6.07) is 11.8. The Labute approximate surface area is 175 Å². The van der Waals surface area contributed by atoms with E-state index in [-0.39, 0.29) is 11.6 Å². The topological polar surface area (TPSA) is 75.9 Å². The van der Waals surface area contributed by atoms with E-state index in [0.717, 1.165) is 18.6 Å². The van der Waals surface area contributed by atoms with Gasteiger partial charge in [0.15, 0.2) is 0 Å². The van der Waals surface area contributed by atoms with Gasteiger partial charge in [0.2, 0.25) is 0 Å². The van der Waals surface area contributed by atoms with Gasteiger partial charge in [-0.15, -0.1) is 0 Å². The number of halogens is 1. The van der Waals surface area contributed by atoms with E-state index in [2.05, 4.69) is 6.92 Å². The van der Waals surface area contributed by atoms with Crippen molar-refractivity contribution in [1.29, 1.82) is 0 Å². The summed E-state index contributed by atoms with van der Waals surface area (Å²) in [6.45, 7) is 4.67. The second-order valence-electron chi connectivity index (χ2n) is 6.87. The Morgan fingerprint density at radius 2 is 1.83 bits per heavy atom. The molecule has 1 fully saturated rings. The highest BCUT2D eigenvalue weighted by molar-refractivity contribution is 6.33. The third-order valence-electron chi connectivity index (χ3n) is 4.91. The van der Waals surface area contributed by atoms with Gasteiger partial charge in [0, 0.05) is 37.8 Å². The predicted octanol–water partition coefficient (Wildman–Crippen LogP) is 4.39. The second-order valence-corrected chi connectivity index (χ2v) is 7.28. The first-order valence-corrected chi connectivity index (χ1v) is 10.1. The van der Waals surface area contributed by atoms with Crippen LogP contribution in [0, 0.1) is 10.1 Å². The molecule has 7 nitrogen and oxygen atoms in total. The first kappa shape index (κ1) is 20.9. The van der Waals surface area contributed by atoms with Gasteiger partial charge in [0.05, 0.1) is 16.6 Å². The Kier molecular flexibility index (Phi) is 6.93. The number of hydrogen-bond acceptors (Lipinski definition) is 5. The number of carbonyl (C=O) groups excluding carboxylic acids is 1. The van der Waals surface area contributed by atoms with Crippen LogP contribution in [0.3, 0.4) is 0 Å². The summed E-state index contributed by atoms with van der Waals surface area (Å²) >= 11 is 6.22. The minimum atomic E-state index is -0.428. The minimum absolute atomic E-state index is 0.0176. The lowest BCUT2D eigenvalue weighted by Gasteiger charge is -2.36. The van der Waals surface area contributed by atoms with E-state index < -0.39 is 4.92 Å². The van der Waals surface area contributed by atoms with Crippen molar-refractivity contribution in [3.05, 3.63) is 63.2 Å². The first-order valence-electron chi connectivity index (χ1n) is 9.71. The van der Waals surface area contributed by atoms with Gasteiger partial charge in [-0.3, -0.25) is 14.9 Å². The summed E-state index contributed by atoms with van der Waals surface area (Å²) in [6.07, 6.45) is 2.06. The number of nitrogens with zero attached hydrogens (tertiary/aromatic N) is 3. The maximum atomic E-state index is 12.8. The van der Waals surface area contributed by atoms with Crippen molar-refractivity contribution in [2.24, 2.45) is 0 Å². The molecule has 1 heterocycles. The maximum Gasteiger partial charge on any atom is 0.294 e. The standard InChI is InChI=1S/C21H24ClN3O4/c1-2-3-15-29-17-9-7-16(8-10-17)21(26)24-13-11-23(12-14-24)20-18(22)5-4-6-19(20)25(27)28/h4-10H,2-3,11-15H2,1H3. The van der Waals surface area contributed by atoms with E-state index in [4.69, 9.17) is 16.3 Å². The van der Waals surface area contributed by atoms with Crippen molar-refractivity contribution >= 4 is 28.9 Å². The number of amides is 1. The van der Waals surface area contributed by atoms with E-state index in [1.54, 1.807) is 29.2 Å². The molecule has 1 amide bonds. The summed E-state index contributed by atoms with van der Waals surface area (Å²) in [4.78, 5) is 27.3. The molecule has 154 valence electrons. The molecule has 29 heavy (non-hydrogen) atoms. The Balaban J connectivity index is 1.62. The van der Waals surface area contributed by atoms with E-state index in [1.807, 2.05) is 17.0 Å². The van der Waals surface area contributed by atoms with Gasteiger partial charge < -0.3 is 14.5 Å². The van der Waals surface area contributed by atoms with Crippen LogP contribution in [0.15, 0.2) is 42.5 Å². The average molecular weight is 418 g/mol. The van der Waals surface area contributed by atoms with E-state index in [0.29, 0.717) is 49.1 Å². The highest BCUT2D eigenvalue weighted by Gasteiger charge is 2.28. The average Bonchev–Trinajstić information content (AvgIpc) is 2.74. The molecule has 0 atom stereocenters. The molecule has 0 spiro atoms. The molecule has 0 saturated carbocycles. The van der Waals surface area contributed by atoms with Gasteiger partial charge in [0.25, 0.3) is 11.6 Å². The summed E-state index contributed by atoms with van der Waals surface area (Å²) in [5.41, 5.74) is 1.00. The van der Waals surface area contributed by atoms with Crippen LogP contribution in [-0.2, 0) is 0 Å². The maximum absolute atomic E-state index is 12.8. The number of piperazine rings is 1. The van der Waals surface area contributed by atoms with Gasteiger partial charge >= 0.3 is 0 Å². The molecular weight excluding hydrogens is 394 g/mol. The van der Waals surface area contributed by atoms with E-state index in [9.17, 15) is 14.9 Å². The number of benzene rings is 2. The summed E-state index contributed by atoms with van der Waals surface area (Å²) in [7, 11) is 0. The summed E-state index contributed by atoms with van der Waals surface area (Å²) in [5.74, 6) is 0.698. The summed E-state index contributed by atoms with van der Waals surface area (Å²) in [5, 5.41) is 11.7. The molecule has 0 aromatic heterocycles. The van der Waals surface area contributed by atoms with Crippen LogP contribution < -0.4 is 9.64 Å². The molecule has 0 radical (unpaired) electrons. The third kappa shape index (κ3) is 4.98. The molecular formula is C21H24ClN3O4. The Morgan fingerprint density at radius 3 is 2.45 bits per heavy atom. The summed E-state index contributed by atoms with van der Waals surface area (Å²) < 4.78 is 5.63. The van der Waals surface area contributed by atoms with Crippen LogP contribution in [0.25, 0.3) is 0 Å². The molecule has 0 N–H and O–H groups in total. The van der Waals surface area contributed by atoms with Crippen LogP contribution in [0.5, 0.6) is 5.75 Å². The SMILES string of the molecule is CCCCOc1ccc(C(=O)N2CCN(c3c(Cl)cccc3[N+](=O)[O-])CC2)cc1. The number of rotatable bonds is 7. The largest absolute Gasteiger partial charge is 0.494 e. The molecule has 2 aromatic carbocycles. The van der Waals surface area contributed by atoms with Crippen molar-refractivity contribution in [3.8, 4) is 5.75 Å². The fourth-order valence-electron chi connectivity index (χ4n) is 3.31. The lowest BCUT2D eigenvalue weighted by atomic mass is 10.1. The van der Waals surface area contributed by atoms with E-state index in [1.165, 1.54) is 6.07 Å². The van der Waals surface area contributed by atoms with E-state index >= 15 is 0 Å². The van der Waals surface area contributed by atoms with Crippen molar-refractivity contribution in [2.75, 3.05) is 37.7 Å². The third-order valence-corrected chi connectivity index (χ3v) is 5.22. The zero-order valence-corrected chi connectivity index (χ0v) is 17.1. The number of hydrogen-bond donors (Lipinski definition) is 0. The number of unbranched alkanes of at least 4 members (excludes halogenated alkanes) is 1. The fraction of sp³-hybridized carbons (Fsp3) is 0.381. The highest BCUT2D eigenvalue weighted by atomic mass is 35.5. The van der Waals surface area contributed by atoms with Gasteiger partial charge in [-0.2, -0.15) is 0 Å². The van der Waals surface area contributed by atoms with Crippen LogP contribution in [0.4, 0.5) is 11.4 Å². The molecule has 1 aliphatic rings. The van der Waals surface area contributed by atoms with Crippen molar-refractivity contribution < 1.29 is 14.5 Å². The number of para-hydroxylation sites is 1. The van der Waals surface area contributed by atoms with Crippen LogP contribution in [0.1, 0.15) is 30.1 Å². The lowest BCUT2D eigenvalue weighted by molar-refractivity contribution is -0.384. The number of nitro groups is 1. The zero-order chi connectivity index (χ0) is 20.8. The second kappa shape index (κ2) is 9.60. The minimum Gasteiger partial charge on any atom is -0.494 e. The van der Waals surface area contributed by atoms with Crippen molar-refractivity contribution in [2.45, 2.75) is 19.8 Å². The van der Waals surface area contributed by atoms with Gasteiger partial charge in [-0.25, -0.2) is 0 Å². The number of ether oxygens (including phenoxy) is 1. The highest BCUT2D eigenvalue weighted by Crippen LogP contribution is 2.35. The fourth-order valence-corrected chi connectivity index (χ4v) is 3.60. The van der Waals surface area contributed by atoms with Gasteiger partial charge in [0.1, 0.15) is 11.4 Å². The lowest BCUT2D eigenvalue weighted by Crippen LogP contribution is -2.49. The molecule has 2 aromatic rings. The van der Waals surface area contributed by atoms with Crippen molar-refractivity contribution in [1.82, 2.24) is 4.90 Å². The zero-order valence-electron chi connectivity index (χ0n) is 16.3. The van der Waals surface area contributed by atoms with Crippen LogP contribution in [0.2, 0.25) is 5.02 Å². The predicted molar refractivity (Wildman–Crippen MR) is 113 cm³/mol. The molecule has 0 bridgehead atoms. The normalized spacial score (nSPS) is 14.0. The number of nitro benzene ring substituents is 1. The molecule has 1 saturated heterocycles.